The molecule has 5 heteroatoms. The lowest BCUT2D eigenvalue weighted by atomic mass is 10.1. The molecule has 19 heavy (non-hydrogen) atoms. The number of aromatic amines is 1. The van der Waals surface area contributed by atoms with E-state index in [-0.39, 0.29) is 6.42 Å². The Kier molecular flexibility index (Phi) is 2.48. The van der Waals surface area contributed by atoms with E-state index < -0.39 is 17.5 Å². The predicted molar refractivity (Wildman–Crippen MR) is 68.6 cm³/mol. The van der Waals surface area contributed by atoms with Crippen LogP contribution in [-0.4, -0.2) is 10.9 Å². The third kappa shape index (κ3) is 1.93. The minimum Gasteiger partial charge on any atom is -0.369 e. The van der Waals surface area contributed by atoms with Gasteiger partial charge in [0.25, 0.3) is 0 Å². The average molecular weight is 260 g/mol. The molecule has 3 nitrogen and oxygen atoms in total. The normalized spacial score (nSPS) is 11.3. The van der Waals surface area contributed by atoms with Crippen LogP contribution < -0.4 is 5.73 Å². The molecule has 1 aromatic heterocycles. The van der Waals surface area contributed by atoms with Gasteiger partial charge in [0.05, 0.1) is 6.42 Å². The molecule has 0 aliphatic rings. The summed E-state index contributed by atoms with van der Waals surface area (Å²) >= 11 is 0. The van der Waals surface area contributed by atoms with E-state index in [0.29, 0.717) is 10.9 Å². The first kappa shape index (κ1) is 11.6. The maximum Gasteiger partial charge on any atom is 0.221 e. The van der Waals surface area contributed by atoms with Gasteiger partial charge in [-0.3, -0.25) is 4.79 Å². The number of halogens is 2. The van der Waals surface area contributed by atoms with Crippen molar-refractivity contribution in [3.05, 3.63) is 47.5 Å². The molecule has 0 saturated heterocycles. The number of nitrogens with one attached hydrogen (secondary N) is 1. The van der Waals surface area contributed by atoms with Crippen LogP contribution in [0.4, 0.5) is 8.78 Å². The van der Waals surface area contributed by atoms with Crippen molar-refractivity contribution >= 4 is 27.7 Å². The lowest BCUT2D eigenvalue weighted by Crippen LogP contribution is -2.13. The number of carbonyl (C=O) groups excluding carboxylic acids is 1. The van der Waals surface area contributed by atoms with E-state index in [0.717, 1.165) is 28.6 Å². The first-order valence-corrected chi connectivity index (χ1v) is 5.72. The number of hydrogen-bond donors (Lipinski definition) is 2. The van der Waals surface area contributed by atoms with Crippen LogP contribution >= 0.6 is 0 Å². The van der Waals surface area contributed by atoms with Crippen molar-refractivity contribution < 1.29 is 13.6 Å². The second kappa shape index (κ2) is 4.05. The number of nitrogens with two attached hydrogens (primary N) is 1. The van der Waals surface area contributed by atoms with Crippen molar-refractivity contribution in [1.82, 2.24) is 4.98 Å². The van der Waals surface area contributed by atoms with Gasteiger partial charge >= 0.3 is 0 Å². The Hall–Kier alpha value is -2.43. The summed E-state index contributed by atoms with van der Waals surface area (Å²) in [5.74, 6) is -2.20. The molecule has 1 amide bonds. The van der Waals surface area contributed by atoms with Crippen molar-refractivity contribution in [2.45, 2.75) is 6.42 Å². The fourth-order valence-corrected chi connectivity index (χ4v) is 2.26. The number of rotatable bonds is 2. The van der Waals surface area contributed by atoms with Gasteiger partial charge < -0.3 is 10.7 Å². The van der Waals surface area contributed by atoms with Gasteiger partial charge in [0.1, 0.15) is 0 Å². The fourth-order valence-electron chi connectivity index (χ4n) is 2.26. The number of hydrogen-bond acceptors (Lipinski definition) is 1. The molecule has 0 spiro atoms. The Morgan fingerprint density at radius 2 is 1.74 bits per heavy atom. The van der Waals surface area contributed by atoms with Crippen LogP contribution in [0.2, 0.25) is 0 Å². The SMILES string of the molecule is NC(=O)Cc1ccc2c(c1)[nH]c1cc(F)c(F)cc12. The minimum absolute atomic E-state index is 0.133. The number of fused-ring (bicyclic) bond motifs is 3. The van der Waals surface area contributed by atoms with E-state index >= 15 is 0 Å². The van der Waals surface area contributed by atoms with Crippen molar-refractivity contribution in [1.29, 1.82) is 0 Å². The minimum atomic E-state index is -0.892. The topological polar surface area (TPSA) is 58.9 Å². The summed E-state index contributed by atoms with van der Waals surface area (Å²) in [7, 11) is 0. The molecule has 0 bridgehead atoms. The Balaban J connectivity index is 2.25. The van der Waals surface area contributed by atoms with Crippen LogP contribution in [0.1, 0.15) is 5.56 Å². The van der Waals surface area contributed by atoms with Crippen LogP contribution in [0.3, 0.4) is 0 Å². The molecule has 96 valence electrons. The number of H-pyrrole nitrogens is 1. The van der Waals surface area contributed by atoms with Crippen molar-refractivity contribution in [2.75, 3.05) is 0 Å². The Bertz CT molecular complexity index is 808. The lowest BCUT2D eigenvalue weighted by molar-refractivity contribution is -0.117. The van der Waals surface area contributed by atoms with Gasteiger partial charge in [0.15, 0.2) is 11.6 Å². The number of primary amides is 1. The third-order valence-corrected chi connectivity index (χ3v) is 3.08. The maximum atomic E-state index is 13.3. The summed E-state index contributed by atoms with van der Waals surface area (Å²) in [6.45, 7) is 0. The van der Waals surface area contributed by atoms with Crippen LogP contribution in [0.5, 0.6) is 0 Å². The highest BCUT2D eigenvalue weighted by atomic mass is 19.2. The number of benzene rings is 2. The quantitative estimate of drug-likeness (QED) is 0.731. The highest BCUT2D eigenvalue weighted by Crippen LogP contribution is 2.28. The highest BCUT2D eigenvalue weighted by molar-refractivity contribution is 6.07. The fraction of sp³-hybridized carbons (Fsp3) is 0.0714. The monoisotopic (exact) mass is 260 g/mol. The zero-order chi connectivity index (χ0) is 13.6. The average Bonchev–Trinajstić information content (AvgIpc) is 2.66. The standard InChI is InChI=1S/C14H10F2N2O/c15-10-5-9-8-2-1-7(4-14(17)19)3-12(8)18-13(9)6-11(10)16/h1-3,5-6,18H,4H2,(H2,17,19). The molecule has 0 atom stereocenters. The van der Waals surface area contributed by atoms with E-state index in [1.54, 1.807) is 18.2 Å². The number of aromatic nitrogens is 1. The molecule has 0 saturated carbocycles. The second-order valence-electron chi connectivity index (χ2n) is 4.46. The summed E-state index contributed by atoms with van der Waals surface area (Å²) in [4.78, 5) is 13.9. The molecule has 0 aliphatic carbocycles. The van der Waals surface area contributed by atoms with Gasteiger partial charge in [0.2, 0.25) is 5.91 Å². The molecule has 3 N–H and O–H groups in total. The van der Waals surface area contributed by atoms with Crippen molar-refractivity contribution in [3.63, 3.8) is 0 Å². The van der Waals surface area contributed by atoms with E-state index in [9.17, 15) is 13.6 Å². The molecule has 0 unspecified atom stereocenters. The molecule has 2 aromatic carbocycles. The van der Waals surface area contributed by atoms with Crippen LogP contribution in [0, 0.1) is 11.6 Å². The maximum absolute atomic E-state index is 13.3. The molecule has 0 aliphatic heterocycles. The van der Waals surface area contributed by atoms with Crippen molar-refractivity contribution in [3.8, 4) is 0 Å². The molecule has 3 aromatic rings. The summed E-state index contributed by atoms with van der Waals surface area (Å²) in [6, 6.07) is 7.57. The highest BCUT2D eigenvalue weighted by Gasteiger charge is 2.10. The van der Waals surface area contributed by atoms with Crippen LogP contribution in [0.15, 0.2) is 30.3 Å². The van der Waals surface area contributed by atoms with E-state index in [4.69, 9.17) is 5.73 Å². The summed E-state index contributed by atoms with van der Waals surface area (Å²) in [6.07, 6.45) is 0.133. The van der Waals surface area contributed by atoms with Gasteiger partial charge in [-0.05, 0) is 17.7 Å². The van der Waals surface area contributed by atoms with Crippen LogP contribution in [0.25, 0.3) is 21.8 Å². The van der Waals surface area contributed by atoms with E-state index in [1.807, 2.05) is 0 Å². The summed E-state index contributed by atoms with van der Waals surface area (Å²) < 4.78 is 26.4. The lowest BCUT2D eigenvalue weighted by Gasteiger charge is -1.98. The zero-order valence-electron chi connectivity index (χ0n) is 9.84. The number of carbonyl (C=O) groups is 1. The van der Waals surface area contributed by atoms with Crippen LogP contribution in [-0.2, 0) is 11.2 Å². The molecule has 0 fully saturated rings. The van der Waals surface area contributed by atoms with E-state index in [1.165, 1.54) is 0 Å². The number of amides is 1. The van der Waals surface area contributed by atoms with Gasteiger partial charge in [0, 0.05) is 27.9 Å². The van der Waals surface area contributed by atoms with Gasteiger partial charge in [-0.2, -0.15) is 0 Å². The Morgan fingerprint density at radius 3 is 2.47 bits per heavy atom. The first-order valence-electron chi connectivity index (χ1n) is 5.72. The second-order valence-corrected chi connectivity index (χ2v) is 4.46. The predicted octanol–water partition coefficient (Wildman–Crippen LogP) is 2.63. The van der Waals surface area contributed by atoms with Gasteiger partial charge in [-0.25, -0.2) is 8.78 Å². The third-order valence-electron chi connectivity index (χ3n) is 3.08. The first-order chi connectivity index (χ1) is 9.04. The Labute approximate surface area is 107 Å². The largest absolute Gasteiger partial charge is 0.369 e. The molecule has 1 heterocycles. The van der Waals surface area contributed by atoms with Gasteiger partial charge in [-0.15, -0.1) is 0 Å². The van der Waals surface area contributed by atoms with E-state index in [2.05, 4.69) is 4.98 Å². The zero-order valence-corrected chi connectivity index (χ0v) is 9.84. The van der Waals surface area contributed by atoms with Gasteiger partial charge in [-0.1, -0.05) is 12.1 Å². The Morgan fingerprint density at radius 1 is 1.05 bits per heavy atom. The van der Waals surface area contributed by atoms with Crippen molar-refractivity contribution in [2.24, 2.45) is 5.73 Å². The molecule has 3 rings (SSSR count). The molecular weight excluding hydrogens is 250 g/mol. The molecule has 0 radical (unpaired) electrons. The molecular formula is C14H10F2N2O. The smallest absolute Gasteiger partial charge is 0.221 e. The summed E-state index contributed by atoms with van der Waals surface area (Å²) in [5.41, 5.74) is 7.13. The summed E-state index contributed by atoms with van der Waals surface area (Å²) in [5, 5.41) is 1.39.